The maximum Gasteiger partial charge on any atom is 0.227 e. The molecule has 2 aliphatic carbocycles. The summed E-state index contributed by atoms with van der Waals surface area (Å²) in [6.07, 6.45) is 8.45. The number of nitrogens with one attached hydrogen (secondary N) is 3. The average molecular weight is 406 g/mol. The normalized spacial score (nSPS) is 17.0. The predicted molar refractivity (Wildman–Crippen MR) is 112 cm³/mol. The maximum absolute atomic E-state index is 14.6. The van der Waals surface area contributed by atoms with Gasteiger partial charge in [0.15, 0.2) is 11.6 Å². The molecule has 0 spiro atoms. The van der Waals surface area contributed by atoms with Gasteiger partial charge >= 0.3 is 0 Å². The van der Waals surface area contributed by atoms with Gasteiger partial charge in [-0.05, 0) is 56.4 Å². The summed E-state index contributed by atoms with van der Waals surface area (Å²) in [4.78, 5) is 8.77. The number of rotatable bonds is 9. The fraction of sp³-hybridized carbons (Fsp3) is 0.364. The Morgan fingerprint density at radius 3 is 2.87 bits per heavy atom. The van der Waals surface area contributed by atoms with Crippen molar-refractivity contribution in [3.05, 3.63) is 47.7 Å². The van der Waals surface area contributed by atoms with Gasteiger partial charge < -0.3 is 20.8 Å². The van der Waals surface area contributed by atoms with Gasteiger partial charge in [-0.1, -0.05) is 0 Å². The highest BCUT2D eigenvalue weighted by atomic mass is 19.1. The number of halogens is 1. The lowest BCUT2D eigenvalue weighted by atomic mass is 10.1. The summed E-state index contributed by atoms with van der Waals surface area (Å²) in [5.41, 5.74) is 2.07. The summed E-state index contributed by atoms with van der Waals surface area (Å²) in [5, 5.41) is 22.9. The van der Waals surface area contributed by atoms with Crippen molar-refractivity contribution >= 4 is 12.2 Å². The zero-order valence-corrected chi connectivity index (χ0v) is 16.7. The molecule has 1 heterocycles. The number of aromatic nitrogens is 2. The van der Waals surface area contributed by atoms with Crippen LogP contribution in [0.15, 0.2) is 36.3 Å². The molecule has 154 valence electrons. The number of hydrogen-bond donors (Lipinski definition) is 3. The smallest absolute Gasteiger partial charge is 0.227 e. The third-order valence-corrected chi connectivity index (χ3v) is 5.24. The topological polar surface area (TPSA) is 107 Å². The molecule has 2 aliphatic rings. The van der Waals surface area contributed by atoms with Crippen LogP contribution >= 0.6 is 0 Å². The minimum atomic E-state index is -0.498. The Balaban J connectivity index is 1.50. The number of anilines is 1. The second-order valence-corrected chi connectivity index (χ2v) is 7.86. The van der Waals surface area contributed by atoms with Crippen LogP contribution in [0.5, 0.6) is 5.75 Å². The molecule has 3 N–H and O–H groups in total. The van der Waals surface area contributed by atoms with E-state index < -0.39 is 11.2 Å². The van der Waals surface area contributed by atoms with Crippen LogP contribution in [0.3, 0.4) is 0 Å². The Morgan fingerprint density at radius 1 is 1.43 bits per heavy atom. The molecule has 0 aliphatic heterocycles. The predicted octanol–water partition coefficient (Wildman–Crippen LogP) is 3.93. The third kappa shape index (κ3) is 4.57. The van der Waals surface area contributed by atoms with Crippen molar-refractivity contribution in [2.24, 2.45) is 5.41 Å². The first kappa shape index (κ1) is 19.8. The van der Waals surface area contributed by atoms with Crippen LogP contribution in [0.1, 0.15) is 31.2 Å². The van der Waals surface area contributed by atoms with Crippen molar-refractivity contribution in [2.45, 2.75) is 38.6 Å². The fourth-order valence-electron chi connectivity index (χ4n) is 2.92. The highest BCUT2D eigenvalue weighted by Crippen LogP contribution is 2.45. The molecule has 0 bridgehead atoms. The Kier molecular flexibility index (Phi) is 5.36. The van der Waals surface area contributed by atoms with Crippen LogP contribution in [0.25, 0.3) is 11.3 Å². The van der Waals surface area contributed by atoms with E-state index in [1.165, 1.54) is 12.3 Å². The van der Waals surface area contributed by atoms with E-state index in [4.69, 9.17) is 15.4 Å². The van der Waals surface area contributed by atoms with Gasteiger partial charge in [0.1, 0.15) is 6.61 Å². The SMILES string of the molecule is Cc1cnc(N/C(C=N)=C/NC2CC2)nc1-c1ccc(OCC2(C#N)CC2)c(F)c1. The van der Waals surface area contributed by atoms with Gasteiger partial charge in [-0.25, -0.2) is 14.4 Å². The Morgan fingerprint density at radius 2 is 2.23 bits per heavy atom. The molecule has 0 atom stereocenters. The zero-order chi connectivity index (χ0) is 21.1. The fourth-order valence-corrected chi connectivity index (χ4v) is 2.92. The van der Waals surface area contributed by atoms with Gasteiger partial charge in [0, 0.05) is 30.2 Å². The number of hydrogen-bond acceptors (Lipinski definition) is 7. The number of nitriles is 1. The molecule has 4 rings (SSSR count). The van der Waals surface area contributed by atoms with Gasteiger partial charge in [-0.2, -0.15) is 5.26 Å². The molecule has 2 saturated carbocycles. The highest BCUT2D eigenvalue weighted by Gasteiger charge is 2.44. The van der Waals surface area contributed by atoms with Crippen LogP contribution in [0.2, 0.25) is 0 Å². The van der Waals surface area contributed by atoms with E-state index >= 15 is 0 Å². The first-order valence-electron chi connectivity index (χ1n) is 9.93. The molecule has 0 amide bonds. The van der Waals surface area contributed by atoms with E-state index in [1.807, 2.05) is 6.92 Å². The first-order chi connectivity index (χ1) is 14.5. The molecule has 0 radical (unpaired) electrons. The van der Waals surface area contributed by atoms with Crippen LogP contribution in [0, 0.1) is 34.9 Å². The van der Waals surface area contributed by atoms with Crippen LogP contribution < -0.4 is 15.4 Å². The lowest BCUT2D eigenvalue weighted by Gasteiger charge is -2.12. The minimum absolute atomic E-state index is 0.130. The van der Waals surface area contributed by atoms with Gasteiger partial charge in [-0.15, -0.1) is 0 Å². The Hall–Kier alpha value is -3.47. The Labute approximate surface area is 174 Å². The lowest BCUT2D eigenvalue weighted by Crippen LogP contribution is -2.13. The second kappa shape index (κ2) is 8.11. The number of ether oxygens (including phenoxy) is 1. The second-order valence-electron chi connectivity index (χ2n) is 7.86. The molecule has 1 aromatic heterocycles. The summed E-state index contributed by atoms with van der Waals surface area (Å²) < 4.78 is 20.1. The molecular weight excluding hydrogens is 383 g/mol. The van der Waals surface area contributed by atoms with Crippen molar-refractivity contribution in [1.29, 1.82) is 10.7 Å². The van der Waals surface area contributed by atoms with Crippen molar-refractivity contribution in [3.8, 4) is 23.1 Å². The van der Waals surface area contributed by atoms with Gasteiger partial charge in [0.25, 0.3) is 0 Å². The summed E-state index contributed by atoms with van der Waals surface area (Å²) in [7, 11) is 0. The third-order valence-electron chi connectivity index (χ3n) is 5.24. The largest absolute Gasteiger partial charge is 0.489 e. The molecule has 1 aromatic carbocycles. The summed E-state index contributed by atoms with van der Waals surface area (Å²) in [6.45, 7) is 2.06. The van der Waals surface area contributed by atoms with Crippen LogP contribution in [0.4, 0.5) is 10.3 Å². The highest BCUT2D eigenvalue weighted by molar-refractivity contribution is 5.79. The number of benzene rings is 1. The van der Waals surface area contributed by atoms with Crippen molar-refractivity contribution < 1.29 is 9.13 Å². The van der Waals surface area contributed by atoms with Crippen LogP contribution in [-0.2, 0) is 0 Å². The Bertz CT molecular complexity index is 1040. The van der Waals surface area contributed by atoms with E-state index in [0.717, 1.165) is 31.2 Å². The van der Waals surface area contributed by atoms with E-state index in [9.17, 15) is 4.39 Å². The first-order valence-corrected chi connectivity index (χ1v) is 9.93. The number of nitrogens with zero attached hydrogens (tertiary/aromatic N) is 3. The van der Waals surface area contributed by atoms with Crippen molar-refractivity contribution in [3.63, 3.8) is 0 Å². The van der Waals surface area contributed by atoms with E-state index in [1.54, 1.807) is 24.5 Å². The molecule has 8 heteroatoms. The molecule has 2 aromatic rings. The van der Waals surface area contributed by atoms with Crippen molar-refractivity contribution in [2.75, 3.05) is 11.9 Å². The lowest BCUT2D eigenvalue weighted by molar-refractivity contribution is 0.257. The molecule has 0 unspecified atom stereocenters. The maximum atomic E-state index is 14.6. The standard InChI is InChI=1S/C22H23FN6O/c1-14-10-27-21(28-17(9-24)11-26-16-3-4-16)29-20(14)15-2-5-19(18(23)8-15)30-13-22(12-25)6-7-22/h2,5,8-11,16,24,26H,3-4,6-7,13H2,1H3,(H,27,28,29)/b17-11+,24-9?. The molecular formula is C22H23FN6O. The summed E-state index contributed by atoms with van der Waals surface area (Å²) in [6, 6.07) is 7.39. The van der Waals surface area contributed by atoms with Gasteiger partial charge in [0.2, 0.25) is 5.95 Å². The average Bonchev–Trinajstić information content (AvgIpc) is 3.67. The van der Waals surface area contributed by atoms with E-state index in [2.05, 4.69) is 26.7 Å². The quantitative estimate of drug-likeness (QED) is 0.545. The summed E-state index contributed by atoms with van der Waals surface area (Å²) in [5.74, 6) is -0.0404. The molecule has 30 heavy (non-hydrogen) atoms. The molecule has 7 nitrogen and oxygen atoms in total. The molecule has 2 fully saturated rings. The van der Waals surface area contributed by atoms with E-state index in [-0.39, 0.29) is 12.4 Å². The molecule has 0 saturated heterocycles. The number of allylic oxidation sites excluding steroid dienone is 1. The number of aryl methyl sites for hydroxylation is 1. The minimum Gasteiger partial charge on any atom is -0.489 e. The van der Waals surface area contributed by atoms with Crippen molar-refractivity contribution in [1.82, 2.24) is 15.3 Å². The van der Waals surface area contributed by atoms with Gasteiger partial charge in [-0.3, -0.25) is 0 Å². The van der Waals surface area contributed by atoms with Crippen LogP contribution in [-0.4, -0.2) is 28.8 Å². The monoisotopic (exact) mass is 406 g/mol. The van der Waals surface area contributed by atoms with E-state index in [0.29, 0.717) is 28.9 Å². The zero-order valence-electron chi connectivity index (χ0n) is 16.7. The van der Waals surface area contributed by atoms with Gasteiger partial charge in [0.05, 0.1) is 22.9 Å². The summed E-state index contributed by atoms with van der Waals surface area (Å²) >= 11 is 0.